The molecule has 0 bridgehead atoms. The third-order valence-corrected chi connectivity index (χ3v) is 4.31. The summed E-state index contributed by atoms with van der Waals surface area (Å²) in [6.45, 7) is 2.24. The summed E-state index contributed by atoms with van der Waals surface area (Å²) < 4.78 is 0. The van der Waals surface area contributed by atoms with Gasteiger partial charge in [-0.05, 0) is 43.0 Å². The van der Waals surface area contributed by atoms with Crippen LogP contribution in [0.5, 0.6) is 0 Å². The highest BCUT2D eigenvalue weighted by Crippen LogP contribution is 2.25. The number of nitrogens with zero attached hydrogens (tertiary/aromatic N) is 1. The molecule has 1 N–H and O–H groups in total. The maximum atomic E-state index is 11.7. The number of carbonyl (C=O) groups is 1. The van der Waals surface area contributed by atoms with Crippen LogP contribution in [0.4, 0.5) is 0 Å². The van der Waals surface area contributed by atoms with Crippen molar-refractivity contribution in [1.29, 1.82) is 0 Å². The Morgan fingerprint density at radius 1 is 1.50 bits per heavy atom. The van der Waals surface area contributed by atoms with Crippen molar-refractivity contribution in [3.8, 4) is 0 Å². The normalized spacial score (nSPS) is 19.6. The molecule has 3 nitrogen and oxygen atoms in total. The van der Waals surface area contributed by atoms with Gasteiger partial charge in [0.2, 0.25) is 0 Å². The molecule has 0 radical (unpaired) electrons. The molecule has 1 heterocycles. The van der Waals surface area contributed by atoms with Gasteiger partial charge in [0.1, 0.15) is 0 Å². The van der Waals surface area contributed by atoms with Gasteiger partial charge in [-0.2, -0.15) is 5.10 Å². The fraction of sp³-hybridized carbons (Fsp3) is 0.571. The zero-order valence-corrected chi connectivity index (χ0v) is 11.6. The van der Waals surface area contributed by atoms with E-state index >= 15 is 0 Å². The first-order valence-corrected chi connectivity index (χ1v) is 7.57. The molecule has 1 saturated carbocycles. The van der Waals surface area contributed by atoms with Gasteiger partial charge in [-0.15, -0.1) is 11.3 Å². The number of carbonyl (C=O) groups excluding carboxylic acids is 1. The van der Waals surface area contributed by atoms with Crippen LogP contribution in [-0.4, -0.2) is 11.6 Å². The minimum atomic E-state index is -0.0896. The van der Waals surface area contributed by atoms with E-state index in [4.69, 9.17) is 0 Å². The van der Waals surface area contributed by atoms with Gasteiger partial charge in [0.15, 0.2) is 0 Å². The summed E-state index contributed by atoms with van der Waals surface area (Å²) in [6, 6.07) is 3.70. The highest BCUT2D eigenvalue weighted by Gasteiger charge is 2.17. The van der Waals surface area contributed by atoms with Gasteiger partial charge in [-0.1, -0.05) is 25.8 Å². The molecule has 0 spiro atoms. The van der Waals surface area contributed by atoms with Crippen molar-refractivity contribution < 1.29 is 4.79 Å². The molecule has 18 heavy (non-hydrogen) atoms. The lowest BCUT2D eigenvalue weighted by molar-refractivity contribution is 0.0958. The molecule has 2 rings (SSSR count). The van der Waals surface area contributed by atoms with E-state index in [1.54, 1.807) is 0 Å². The second-order valence-corrected chi connectivity index (χ2v) is 5.78. The Hall–Kier alpha value is -1.16. The van der Waals surface area contributed by atoms with Crippen LogP contribution in [0.2, 0.25) is 0 Å². The van der Waals surface area contributed by atoms with Gasteiger partial charge in [-0.3, -0.25) is 4.79 Å². The minimum absolute atomic E-state index is 0.0896. The Morgan fingerprint density at radius 2 is 2.28 bits per heavy atom. The molecule has 4 heteroatoms. The van der Waals surface area contributed by atoms with Gasteiger partial charge in [-0.25, -0.2) is 5.43 Å². The Morgan fingerprint density at radius 3 is 2.89 bits per heavy atom. The number of hydrazone groups is 1. The molecule has 1 aromatic heterocycles. The van der Waals surface area contributed by atoms with Crippen LogP contribution in [0.3, 0.4) is 0 Å². The first-order valence-electron chi connectivity index (χ1n) is 6.69. The average molecular weight is 264 g/mol. The van der Waals surface area contributed by atoms with Crippen molar-refractivity contribution in [2.45, 2.75) is 45.4 Å². The SMILES string of the molecule is CCCC1CCC(=NNC(=O)c2cccs2)CC1. The maximum absolute atomic E-state index is 11.7. The molecule has 0 atom stereocenters. The van der Waals surface area contributed by atoms with E-state index in [0.29, 0.717) is 0 Å². The highest BCUT2D eigenvalue weighted by molar-refractivity contribution is 7.12. The summed E-state index contributed by atoms with van der Waals surface area (Å²) in [4.78, 5) is 12.4. The number of nitrogens with one attached hydrogen (secondary N) is 1. The fourth-order valence-electron chi connectivity index (χ4n) is 2.41. The number of hydrogen-bond acceptors (Lipinski definition) is 3. The van der Waals surface area contributed by atoms with E-state index in [2.05, 4.69) is 17.5 Å². The molecule has 1 fully saturated rings. The number of hydrogen-bond donors (Lipinski definition) is 1. The van der Waals surface area contributed by atoms with Gasteiger partial charge in [0, 0.05) is 5.71 Å². The van der Waals surface area contributed by atoms with Crippen LogP contribution in [0.1, 0.15) is 55.1 Å². The first-order chi connectivity index (χ1) is 8.79. The molecule has 0 aliphatic heterocycles. The van der Waals surface area contributed by atoms with E-state index in [-0.39, 0.29) is 5.91 Å². The molecular formula is C14H20N2OS. The largest absolute Gasteiger partial charge is 0.281 e. The summed E-state index contributed by atoms with van der Waals surface area (Å²) >= 11 is 1.44. The zero-order valence-electron chi connectivity index (χ0n) is 10.8. The van der Waals surface area contributed by atoms with Crippen LogP contribution in [-0.2, 0) is 0 Å². The summed E-state index contributed by atoms with van der Waals surface area (Å²) in [5.41, 5.74) is 3.81. The summed E-state index contributed by atoms with van der Waals surface area (Å²) in [6.07, 6.45) is 7.12. The summed E-state index contributed by atoms with van der Waals surface area (Å²) in [5, 5.41) is 6.16. The van der Waals surface area contributed by atoms with E-state index in [0.717, 1.165) is 29.3 Å². The summed E-state index contributed by atoms with van der Waals surface area (Å²) in [5.74, 6) is 0.773. The molecule has 1 aliphatic rings. The standard InChI is InChI=1S/C14H20N2OS/c1-2-4-11-6-8-12(9-7-11)15-16-14(17)13-5-3-10-18-13/h3,5,10-11H,2,4,6-9H2,1H3,(H,16,17). The van der Waals surface area contributed by atoms with Crippen molar-refractivity contribution in [2.24, 2.45) is 11.0 Å². The second-order valence-electron chi connectivity index (χ2n) is 4.83. The van der Waals surface area contributed by atoms with Crippen molar-refractivity contribution >= 4 is 23.0 Å². The van der Waals surface area contributed by atoms with E-state index in [1.165, 1.54) is 37.0 Å². The number of amides is 1. The van der Waals surface area contributed by atoms with Crippen LogP contribution in [0.15, 0.2) is 22.6 Å². The Balaban J connectivity index is 1.79. The molecule has 0 aromatic carbocycles. The lowest BCUT2D eigenvalue weighted by Gasteiger charge is -2.22. The lowest BCUT2D eigenvalue weighted by atomic mass is 9.85. The molecule has 1 aliphatic carbocycles. The van der Waals surface area contributed by atoms with Gasteiger partial charge < -0.3 is 0 Å². The second kappa shape index (κ2) is 6.69. The quantitative estimate of drug-likeness (QED) is 0.825. The van der Waals surface area contributed by atoms with Crippen molar-refractivity contribution in [1.82, 2.24) is 5.43 Å². The van der Waals surface area contributed by atoms with Gasteiger partial charge in [0.05, 0.1) is 4.88 Å². The predicted molar refractivity (Wildman–Crippen MR) is 76.1 cm³/mol. The first kappa shape index (κ1) is 13.3. The van der Waals surface area contributed by atoms with Gasteiger partial charge in [0.25, 0.3) is 5.91 Å². The molecule has 98 valence electrons. The Kier molecular flexibility index (Phi) is 4.93. The Labute approximate surface area is 112 Å². The van der Waals surface area contributed by atoms with E-state index in [9.17, 15) is 4.79 Å². The predicted octanol–water partition coefficient (Wildman–Crippen LogP) is 3.82. The van der Waals surface area contributed by atoms with Crippen LogP contribution < -0.4 is 5.43 Å². The smallest absolute Gasteiger partial charge is 0.266 e. The zero-order chi connectivity index (χ0) is 12.8. The molecule has 1 aromatic rings. The van der Waals surface area contributed by atoms with E-state index < -0.39 is 0 Å². The number of thiophene rings is 1. The molecular weight excluding hydrogens is 244 g/mol. The highest BCUT2D eigenvalue weighted by atomic mass is 32.1. The average Bonchev–Trinajstić information content (AvgIpc) is 2.92. The van der Waals surface area contributed by atoms with Gasteiger partial charge >= 0.3 is 0 Å². The molecule has 1 amide bonds. The summed E-state index contributed by atoms with van der Waals surface area (Å²) in [7, 11) is 0. The minimum Gasteiger partial charge on any atom is -0.266 e. The van der Waals surface area contributed by atoms with Crippen LogP contribution in [0, 0.1) is 5.92 Å². The van der Waals surface area contributed by atoms with Crippen molar-refractivity contribution in [2.75, 3.05) is 0 Å². The van der Waals surface area contributed by atoms with Crippen molar-refractivity contribution in [3.63, 3.8) is 0 Å². The molecule has 0 unspecified atom stereocenters. The molecule has 0 saturated heterocycles. The van der Waals surface area contributed by atoms with E-state index in [1.807, 2.05) is 17.5 Å². The number of rotatable bonds is 4. The third-order valence-electron chi connectivity index (χ3n) is 3.44. The topological polar surface area (TPSA) is 41.5 Å². The Bertz CT molecular complexity index is 401. The lowest BCUT2D eigenvalue weighted by Crippen LogP contribution is -2.21. The maximum Gasteiger partial charge on any atom is 0.281 e. The van der Waals surface area contributed by atoms with Crippen LogP contribution in [0.25, 0.3) is 0 Å². The van der Waals surface area contributed by atoms with Crippen LogP contribution >= 0.6 is 11.3 Å². The third kappa shape index (κ3) is 3.67. The van der Waals surface area contributed by atoms with Crippen molar-refractivity contribution in [3.05, 3.63) is 22.4 Å². The fourth-order valence-corrected chi connectivity index (χ4v) is 3.03. The monoisotopic (exact) mass is 264 g/mol.